The molecular formula is C23H28N2O4. The van der Waals surface area contributed by atoms with Crippen molar-refractivity contribution in [1.82, 2.24) is 5.32 Å². The van der Waals surface area contributed by atoms with Gasteiger partial charge in [-0.05, 0) is 37.5 Å². The van der Waals surface area contributed by atoms with Crippen LogP contribution in [0.5, 0.6) is 11.5 Å². The van der Waals surface area contributed by atoms with Crippen molar-refractivity contribution in [3.63, 3.8) is 0 Å². The van der Waals surface area contributed by atoms with Crippen molar-refractivity contribution in [3.05, 3.63) is 54.1 Å². The number of carbonyl (C=O) groups is 2. The second kappa shape index (κ2) is 9.45. The largest absolute Gasteiger partial charge is 0.497 e. The van der Waals surface area contributed by atoms with Gasteiger partial charge in [0, 0.05) is 25.1 Å². The maximum atomic E-state index is 12.7. The molecule has 6 nitrogen and oxygen atoms in total. The number of methoxy groups -OCH3 is 2. The highest BCUT2D eigenvalue weighted by Crippen LogP contribution is 2.36. The molecule has 0 aromatic heterocycles. The second-order valence-electron chi connectivity index (χ2n) is 7.38. The highest BCUT2D eigenvalue weighted by Gasteiger charge is 2.36. The highest BCUT2D eigenvalue weighted by molar-refractivity contribution is 6.01. The summed E-state index contributed by atoms with van der Waals surface area (Å²) in [5, 5.41) is 3.06. The average molecular weight is 396 g/mol. The molecule has 0 spiro atoms. The van der Waals surface area contributed by atoms with Gasteiger partial charge in [-0.15, -0.1) is 0 Å². The van der Waals surface area contributed by atoms with E-state index in [0.717, 1.165) is 12.8 Å². The van der Waals surface area contributed by atoms with E-state index < -0.39 is 0 Å². The van der Waals surface area contributed by atoms with E-state index in [4.69, 9.17) is 9.47 Å². The molecule has 1 heterocycles. The zero-order valence-corrected chi connectivity index (χ0v) is 17.2. The summed E-state index contributed by atoms with van der Waals surface area (Å²) in [5.41, 5.74) is 1.88. The molecule has 1 aliphatic rings. The first kappa shape index (κ1) is 20.7. The van der Waals surface area contributed by atoms with Gasteiger partial charge in [0.05, 0.1) is 25.8 Å². The number of hydrogen-bond donors (Lipinski definition) is 1. The molecule has 3 rings (SSSR count). The fraction of sp³-hybridized carbons (Fsp3) is 0.391. The van der Waals surface area contributed by atoms with Gasteiger partial charge in [0.15, 0.2) is 0 Å². The molecule has 154 valence electrons. The normalized spacial score (nSPS) is 17.1. The Kier molecular flexibility index (Phi) is 6.75. The first-order valence-electron chi connectivity index (χ1n) is 9.88. The van der Waals surface area contributed by atoms with Crippen molar-refractivity contribution in [1.29, 1.82) is 0 Å². The fourth-order valence-electron chi connectivity index (χ4n) is 3.58. The molecule has 2 aromatic rings. The van der Waals surface area contributed by atoms with Crippen LogP contribution in [0.1, 0.15) is 25.3 Å². The first-order valence-corrected chi connectivity index (χ1v) is 9.88. The molecule has 0 radical (unpaired) electrons. The van der Waals surface area contributed by atoms with Crippen LogP contribution in [0.4, 0.5) is 5.69 Å². The van der Waals surface area contributed by atoms with Gasteiger partial charge in [-0.25, -0.2) is 0 Å². The second-order valence-corrected chi connectivity index (χ2v) is 7.38. The Bertz CT molecular complexity index is 853. The first-order chi connectivity index (χ1) is 14.0. The van der Waals surface area contributed by atoms with Gasteiger partial charge >= 0.3 is 0 Å². The lowest BCUT2D eigenvalue weighted by molar-refractivity contribution is -0.126. The van der Waals surface area contributed by atoms with Gasteiger partial charge in [-0.1, -0.05) is 30.3 Å². The summed E-state index contributed by atoms with van der Waals surface area (Å²) in [7, 11) is 3.13. The molecule has 1 fully saturated rings. The number of amides is 2. The molecule has 1 N–H and O–H groups in total. The molecule has 2 amide bonds. The van der Waals surface area contributed by atoms with E-state index in [1.807, 2.05) is 25.1 Å². The van der Waals surface area contributed by atoms with Crippen molar-refractivity contribution >= 4 is 17.5 Å². The van der Waals surface area contributed by atoms with Crippen molar-refractivity contribution in [3.8, 4) is 11.5 Å². The van der Waals surface area contributed by atoms with Crippen LogP contribution in [0.25, 0.3) is 0 Å². The maximum absolute atomic E-state index is 12.7. The average Bonchev–Trinajstić information content (AvgIpc) is 3.14. The number of rotatable bonds is 8. The summed E-state index contributed by atoms with van der Waals surface area (Å²) < 4.78 is 10.7. The Morgan fingerprint density at radius 3 is 2.62 bits per heavy atom. The Morgan fingerprint density at radius 1 is 1.17 bits per heavy atom. The predicted octanol–water partition coefficient (Wildman–Crippen LogP) is 3.19. The third kappa shape index (κ3) is 5.08. The summed E-state index contributed by atoms with van der Waals surface area (Å²) in [5.74, 6) is 0.668. The van der Waals surface area contributed by atoms with Crippen molar-refractivity contribution < 1.29 is 19.1 Å². The van der Waals surface area contributed by atoms with E-state index in [-0.39, 0.29) is 30.2 Å². The summed E-state index contributed by atoms with van der Waals surface area (Å²) in [4.78, 5) is 26.9. The predicted molar refractivity (Wildman–Crippen MR) is 112 cm³/mol. The molecule has 6 heteroatoms. The molecular weight excluding hydrogens is 368 g/mol. The molecule has 2 aromatic carbocycles. The van der Waals surface area contributed by atoms with Crippen LogP contribution in [0.2, 0.25) is 0 Å². The highest BCUT2D eigenvalue weighted by atomic mass is 16.5. The van der Waals surface area contributed by atoms with Crippen molar-refractivity contribution in [2.45, 2.75) is 32.2 Å². The third-order valence-corrected chi connectivity index (χ3v) is 5.27. The van der Waals surface area contributed by atoms with Gasteiger partial charge < -0.3 is 19.7 Å². The number of carbonyl (C=O) groups excluding carboxylic acids is 2. The molecule has 29 heavy (non-hydrogen) atoms. The number of hydrogen-bond acceptors (Lipinski definition) is 4. The fourth-order valence-corrected chi connectivity index (χ4v) is 3.58. The minimum atomic E-state index is -0.377. The number of ether oxygens (including phenoxy) is 2. The minimum Gasteiger partial charge on any atom is -0.497 e. The molecule has 1 saturated heterocycles. The smallest absolute Gasteiger partial charge is 0.227 e. The molecule has 0 saturated carbocycles. The van der Waals surface area contributed by atoms with E-state index >= 15 is 0 Å². The molecule has 1 aliphatic heterocycles. The molecule has 0 aliphatic carbocycles. The topological polar surface area (TPSA) is 67.9 Å². The van der Waals surface area contributed by atoms with Gasteiger partial charge in [0.25, 0.3) is 0 Å². The number of aryl methyl sites for hydroxylation is 1. The number of nitrogens with zero attached hydrogens (tertiary/aromatic N) is 1. The van der Waals surface area contributed by atoms with E-state index in [1.165, 1.54) is 5.56 Å². The summed E-state index contributed by atoms with van der Waals surface area (Å²) in [6.45, 7) is 2.33. The standard InChI is InChI=1S/C23H28N2O4/c1-16(9-10-17-7-5-4-6-8-17)24-23(27)18-13-22(26)25(15-18)20-14-19(28-2)11-12-21(20)29-3/h4-8,11-12,14,16,18H,9-10,13,15H2,1-3H3,(H,24,27). The van der Waals surface area contributed by atoms with E-state index in [9.17, 15) is 9.59 Å². The van der Waals surface area contributed by atoms with Crippen molar-refractivity contribution in [2.75, 3.05) is 25.7 Å². The molecule has 2 unspecified atom stereocenters. The van der Waals surface area contributed by atoms with E-state index in [1.54, 1.807) is 37.3 Å². The quantitative estimate of drug-likeness (QED) is 0.744. The molecule has 0 bridgehead atoms. The van der Waals surface area contributed by atoms with Crippen molar-refractivity contribution in [2.24, 2.45) is 5.92 Å². The number of anilines is 1. The van der Waals surface area contributed by atoms with Gasteiger partial charge in [-0.2, -0.15) is 0 Å². The van der Waals surface area contributed by atoms with Gasteiger partial charge in [-0.3, -0.25) is 9.59 Å². The minimum absolute atomic E-state index is 0.0400. The number of benzene rings is 2. The lowest BCUT2D eigenvalue weighted by Gasteiger charge is -2.21. The van der Waals surface area contributed by atoms with E-state index in [0.29, 0.717) is 23.7 Å². The van der Waals surface area contributed by atoms with Crippen LogP contribution >= 0.6 is 0 Å². The van der Waals surface area contributed by atoms with Crippen LogP contribution in [-0.4, -0.2) is 38.6 Å². The van der Waals surface area contributed by atoms with Gasteiger partial charge in [0.1, 0.15) is 11.5 Å². The Morgan fingerprint density at radius 2 is 1.93 bits per heavy atom. The summed E-state index contributed by atoms with van der Waals surface area (Å²) in [6.07, 6.45) is 1.94. The lowest BCUT2D eigenvalue weighted by atomic mass is 10.0. The summed E-state index contributed by atoms with van der Waals surface area (Å²) >= 11 is 0. The zero-order chi connectivity index (χ0) is 20.8. The van der Waals surface area contributed by atoms with Crippen LogP contribution in [-0.2, 0) is 16.0 Å². The van der Waals surface area contributed by atoms with E-state index in [2.05, 4.69) is 17.4 Å². The monoisotopic (exact) mass is 396 g/mol. The molecule has 2 atom stereocenters. The Hall–Kier alpha value is -3.02. The van der Waals surface area contributed by atoms with Gasteiger partial charge in [0.2, 0.25) is 11.8 Å². The Labute approximate surface area is 171 Å². The van der Waals surface area contributed by atoms with Crippen LogP contribution in [0.3, 0.4) is 0 Å². The lowest BCUT2D eigenvalue weighted by Crippen LogP contribution is -2.38. The zero-order valence-electron chi connectivity index (χ0n) is 17.2. The Balaban J connectivity index is 1.60. The number of nitrogens with one attached hydrogen (secondary N) is 1. The van der Waals surface area contributed by atoms with Crippen LogP contribution in [0, 0.1) is 5.92 Å². The maximum Gasteiger partial charge on any atom is 0.227 e. The van der Waals surface area contributed by atoms with Crippen LogP contribution in [0.15, 0.2) is 48.5 Å². The van der Waals surface area contributed by atoms with Crippen LogP contribution < -0.4 is 19.7 Å². The SMILES string of the molecule is COc1ccc(OC)c(N2CC(C(=O)NC(C)CCc3ccccc3)CC2=O)c1. The summed E-state index contributed by atoms with van der Waals surface area (Å²) in [6, 6.07) is 15.6. The third-order valence-electron chi connectivity index (χ3n) is 5.27.